The lowest BCUT2D eigenvalue weighted by Crippen LogP contribution is -2.48. The molecule has 4 heterocycles. The number of ether oxygens (including phenoxy) is 1. The Balaban J connectivity index is 1.57. The van der Waals surface area contributed by atoms with E-state index in [2.05, 4.69) is 33.8 Å². The predicted octanol–water partition coefficient (Wildman–Crippen LogP) is 2.81. The zero-order valence-corrected chi connectivity index (χ0v) is 17.3. The first-order valence-corrected chi connectivity index (χ1v) is 11.0. The van der Waals surface area contributed by atoms with Crippen LogP contribution >= 0.6 is 11.3 Å². The van der Waals surface area contributed by atoms with Crippen LogP contribution in [0.5, 0.6) is 0 Å². The Bertz CT molecular complexity index is 781. The Morgan fingerprint density at radius 1 is 1.18 bits per heavy atom. The maximum absolute atomic E-state index is 13.2. The van der Waals surface area contributed by atoms with Crippen molar-refractivity contribution in [2.24, 2.45) is 0 Å². The summed E-state index contributed by atoms with van der Waals surface area (Å²) in [6.45, 7) is 10.1. The van der Waals surface area contributed by atoms with Gasteiger partial charge in [-0.15, -0.1) is 11.3 Å². The maximum Gasteiger partial charge on any atom is 0.264 e. The van der Waals surface area contributed by atoms with Crippen molar-refractivity contribution in [3.05, 3.63) is 35.5 Å². The number of carbonyl (C=O) groups excluding carboxylic acids is 1. The number of thiophene rings is 1. The molecule has 2 aromatic rings. The van der Waals surface area contributed by atoms with Crippen LogP contribution in [0.25, 0.3) is 11.1 Å². The summed E-state index contributed by atoms with van der Waals surface area (Å²) in [6.07, 6.45) is 4.83. The number of nitrogens with zero attached hydrogens (tertiary/aromatic N) is 4. The Morgan fingerprint density at radius 3 is 2.64 bits per heavy atom. The van der Waals surface area contributed by atoms with Crippen LogP contribution in [0.2, 0.25) is 0 Å². The number of hydrogen-bond acceptors (Lipinski definition) is 6. The second kappa shape index (κ2) is 9.03. The molecule has 0 bridgehead atoms. The molecule has 0 aliphatic carbocycles. The molecule has 7 heteroatoms. The summed E-state index contributed by atoms with van der Waals surface area (Å²) in [5.41, 5.74) is 2.17. The van der Waals surface area contributed by atoms with Gasteiger partial charge in [-0.3, -0.25) is 14.7 Å². The van der Waals surface area contributed by atoms with Gasteiger partial charge in [0.2, 0.25) is 0 Å². The van der Waals surface area contributed by atoms with Crippen LogP contribution < -0.4 is 4.90 Å². The summed E-state index contributed by atoms with van der Waals surface area (Å²) in [6, 6.07) is 6.08. The van der Waals surface area contributed by atoms with E-state index in [0.29, 0.717) is 0 Å². The molecular weight excluding hydrogens is 372 g/mol. The third-order valence-electron chi connectivity index (χ3n) is 5.39. The molecule has 2 aromatic heterocycles. The van der Waals surface area contributed by atoms with Gasteiger partial charge in [-0.25, -0.2) is 0 Å². The van der Waals surface area contributed by atoms with Crippen LogP contribution in [0, 0.1) is 0 Å². The zero-order valence-electron chi connectivity index (χ0n) is 16.5. The summed E-state index contributed by atoms with van der Waals surface area (Å²) < 4.78 is 5.52. The molecule has 2 aliphatic heterocycles. The molecule has 28 heavy (non-hydrogen) atoms. The largest absolute Gasteiger partial charge is 0.378 e. The van der Waals surface area contributed by atoms with Crippen molar-refractivity contribution in [1.82, 2.24) is 14.8 Å². The first kappa shape index (κ1) is 19.4. The molecule has 0 N–H and O–H groups in total. The molecule has 0 unspecified atom stereocenters. The smallest absolute Gasteiger partial charge is 0.264 e. The topological polar surface area (TPSA) is 48.9 Å². The molecule has 6 nitrogen and oxygen atoms in total. The van der Waals surface area contributed by atoms with Gasteiger partial charge < -0.3 is 14.5 Å². The fraction of sp³-hybridized carbons (Fsp3) is 0.524. The van der Waals surface area contributed by atoms with E-state index in [1.54, 1.807) is 17.5 Å². The second-order valence-corrected chi connectivity index (χ2v) is 8.34. The minimum atomic E-state index is 0.158. The van der Waals surface area contributed by atoms with E-state index in [0.717, 1.165) is 86.5 Å². The minimum absolute atomic E-state index is 0.158. The Kier molecular flexibility index (Phi) is 6.24. The number of anilines is 1. The molecule has 0 atom stereocenters. The van der Waals surface area contributed by atoms with Gasteiger partial charge in [0.1, 0.15) is 0 Å². The Hall–Kier alpha value is -1.96. The molecular formula is C21H28N4O2S. The average Bonchev–Trinajstić information content (AvgIpc) is 3.21. The number of piperazine rings is 1. The van der Waals surface area contributed by atoms with Crippen molar-refractivity contribution in [3.63, 3.8) is 0 Å². The van der Waals surface area contributed by atoms with Crippen molar-refractivity contribution in [2.75, 3.05) is 63.9 Å². The third kappa shape index (κ3) is 4.21. The van der Waals surface area contributed by atoms with Crippen LogP contribution in [0.15, 0.2) is 30.6 Å². The quantitative estimate of drug-likeness (QED) is 0.772. The lowest BCUT2D eigenvalue weighted by atomic mass is 10.1. The summed E-state index contributed by atoms with van der Waals surface area (Å²) in [4.78, 5) is 25.1. The van der Waals surface area contributed by atoms with Crippen LogP contribution in [0.1, 0.15) is 23.0 Å². The fourth-order valence-electron chi connectivity index (χ4n) is 3.86. The highest BCUT2D eigenvalue weighted by atomic mass is 32.1. The number of rotatable bonds is 5. The van der Waals surface area contributed by atoms with Crippen LogP contribution in [0.3, 0.4) is 0 Å². The van der Waals surface area contributed by atoms with Gasteiger partial charge in [-0.1, -0.05) is 13.0 Å². The predicted molar refractivity (Wildman–Crippen MR) is 113 cm³/mol. The van der Waals surface area contributed by atoms with Crippen LogP contribution in [-0.2, 0) is 4.74 Å². The van der Waals surface area contributed by atoms with Gasteiger partial charge in [0, 0.05) is 62.8 Å². The second-order valence-electron chi connectivity index (χ2n) is 7.30. The first-order valence-electron chi connectivity index (χ1n) is 10.1. The molecule has 0 saturated carbocycles. The molecule has 2 fully saturated rings. The summed E-state index contributed by atoms with van der Waals surface area (Å²) >= 11 is 1.61. The highest BCUT2D eigenvalue weighted by Gasteiger charge is 2.26. The van der Waals surface area contributed by atoms with Crippen LogP contribution in [-0.4, -0.2) is 79.7 Å². The standard InChI is InChI=1S/C21H28N4O2S/c1-2-6-23-7-9-24(10-8-23)20(26)19-15-18(17-4-3-5-22-16-17)21(28-19)25-11-13-27-14-12-25/h3-5,15-16H,2,6-14H2,1H3. The SMILES string of the molecule is CCCN1CCN(C(=O)c2cc(-c3cccnc3)c(N3CCOCC3)s2)CC1. The van der Waals surface area contributed by atoms with E-state index in [4.69, 9.17) is 4.74 Å². The van der Waals surface area contributed by atoms with Gasteiger partial charge >= 0.3 is 0 Å². The summed E-state index contributed by atoms with van der Waals surface area (Å²) in [5.74, 6) is 0.158. The average molecular weight is 401 g/mol. The highest BCUT2D eigenvalue weighted by molar-refractivity contribution is 7.18. The van der Waals surface area contributed by atoms with Crippen molar-refractivity contribution in [1.29, 1.82) is 0 Å². The number of aromatic nitrogens is 1. The van der Waals surface area contributed by atoms with E-state index >= 15 is 0 Å². The van der Waals surface area contributed by atoms with Gasteiger partial charge in [-0.05, 0) is 25.1 Å². The molecule has 4 rings (SSSR count). The number of hydrogen-bond donors (Lipinski definition) is 0. The van der Waals surface area contributed by atoms with E-state index in [9.17, 15) is 4.79 Å². The van der Waals surface area contributed by atoms with Gasteiger partial charge in [0.15, 0.2) is 0 Å². The van der Waals surface area contributed by atoms with Gasteiger partial charge in [-0.2, -0.15) is 0 Å². The highest BCUT2D eigenvalue weighted by Crippen LogP contribution is 2.39. The normalized spacial score (nSPS) is 18.5. The third-order valence-corrected chi connectivity index (χ3v) is 6.58. The van der Waals surface area contributed by atoms with E-state index in [1.807, 2.05) is 17.2 Å². The van der Waals surface area contributed by atoms with Gasteiger partial charge in [0.25, 0.3) is 5.91 Å². The molecule has 0 radical (unpaired) electrons. The molecule has 150 valence electrons. The van der Waals surface area contributed by atoms with Crippen molar-refractivity contribution >= 4 is 22.2 Å². The number of amides is 1. The maximum atomic E-state index is 13.2. The lowest BCUT2D eigenvalue weighted by Gasteiger charge is -2.34. The molecule has 0 spiro atoms. The molecule has 2 aliphatic rings. The van der Waals surface area contributed by atoms with E-state index in [1.165, 1.54) is 0 Å². The molecule has 2 saturated heterocycles. The van der Waals surface area contributed by atoms with Gasteiger partial charge in [0.05, 0.1) is 23.1 Å². The molecule has 0 aromatic carbocycles. The summed E-state index contributed by atoms with van der Waals surface area (Å²) in [7, 11) is 0. The number of morpholine rings is 1. The van der Waals surface area contributed by atoms with Crippen molar-refractivity contribution in [2.45, 2.75) is 13.3 Å². The number of pyridine rings is 1. The van der Waals surface area contributed by atoms with Crippen molar-refractivity contribution < 1.29 is 9.53 Å². The first-order chi connectivity index (χ1) is 13.8. The number of carbonyl (C=O) groups is 1. The summed E-state index contributed by atoms with van der Waals surface area (Å²) in [5, 5.41) is 1.16. The van der Waals surface area contributed by atoms with Crippen molar-refractivity contribution in [3.8, 4) is 11.1 Å². The Labute approximate surface area is 170 Å². The lowest BCUT2D eigenvalue weighted by molar-refractivity contribution is 0.0642. The monoisotopic (exact) mass is 400 g/mol. The Morgan fingerprint density at radius 2 is 1.96 bits per heavy atom. The van der Waals surface area contributed by atoms with E-state index < -0.39 is 0 Å². The molecule has 1 amide bonds. The minimum Gasteiger partial charge on any atom is -0.378 e. The van der Waals surface area contributed by atoms with Crippen LogP contribution in [0.4, 0.5) is 5.00 Å². The van der Waals surface area contributed by atoms with E-state index in [-0.39, 0.29) is 5.91 Å². The fourth-order valence-corrected chi connectivity index (χ4v) is 5.06. The zero-order chi connectivity index (χ0) is 19.3.